The van der Waals surface area contributed by atoms with E-state index in [0.29, 0.717) is 18.2 Å². The van der Waals surface area contributed by atoms with Crippen molar-refractivity contribution in [1.82, 2.24) is 15.2 Å². The van der Waals surface area contributed by atoms with Crippen molar-refractivity contribution in [2.24, 2.45) is 0 Å². The van der Waals surface area contributed by atoms with Crippen LogP contribution in [0, 0.1) is 0 Å². The van der Waals surface area contributed by atoms with Gasteiger partial charge in [0.2, 0.25) is 5.91 Å². The second kappa shape index (κ2) is 6.52. The normalized spacial score (nSPS) is 21.9. The lowest BCUT2D eigenvalue weighted by Gasteiger charge is -2.24. The molecule has 1 aromatic rings. The number of nitrogens with zero attached hydrogens (tertiary/aromatic N) is 2. The average molecular weight is 320 g/mol. The number of halogens is 1. The van der Waals surface area contributed by atoms with Gasteiger partial charge in [0.25, 0.3) is 0 Å². The number of hydrogen-bond acceptors (Lipinski definition) is 3. The van der Waals surface area contributed by atoms with E-state index in [1.165, 1.54) is 23.3 Å². The van der Waals surface area contributed by atoms with E-state index in [4.69, 9.17) is 0 Å². The maximum absolute atomic E-state index is 13.9. The highest BCUT2D eigenvalue weighted by Crippen LogP contribution is 2.40. The monoisotopic (exact) mass is 320 g/mol. The second-order valence-corrected chi connectivity index (χ2v) is 6.10. The zero-order valence-electron chi connectivity index (χ0n) is 13.1. The number of amides is 3. The van der Waals surface area contributed by atoms with Crippen LogP contribution in [0.2, 0.25) is 0 Å². The Balaban J connectivity index is 1.62. The molecule has 23 heavy (non-hydrogen) atoms. The highest BCUT2D eigenvalue weighted by molar-refractivity contribution is 5.94. The Kier molecular flexibility index (Phi) is 4.45. The van der Waals surface area contributed by atoms with E-state index >= 15 is 0 Å². The summed E-state index contributed by atoms with van der Waals surface area (Å²) in [7, 11) is 0. The number of aromatic nitrogens is 1. The van der Waals surface area contributed by atoms with Crippen molar-refractivity contribution in [3.8, 4) is 0 Å². The van der Waals surface area contributed by atoms with Gasteiger partial charge in [-0.2, -0.15) is 0 Å². The molecule has 1 aliphatic carbocycles. The summed E-state index contributed by atoms with van der Waals surface area (Å²) in [6.07, 6.45) is 3.17. The minimum atomic E-state index is -1.14. The van der Waals surface area contributed by atoms with Gasteiger partial charge in [0.15, 0.2) is 0 Å². The SMILES string of the molecule is CC[C@H](F)[C@H]1CNC(=O)N1CC(=O)Nc1cc(C2CC2)ccn1. The third-order valence-electron chi connectivity index (χ3n) is 4.35. The molecule has 0 bridgehead atoms. The second-order valence-electron chi connectivity index (χ2n) is 6.10. The lowest BCUT2D eigenvalue weighted by atomic mass is 10.1. The maximum atomic E-state index is 13.9. The molecule has 7 heteroatoms. The summed E-state index contributed by atoms with van der Waals surface area (Å²) in [5.41, 5.74) is 1.17. The number of urea groups is 1. The summed E-state index contributed by atoms with van der Waals surface area (Å²) >= 11 is 0. The molecule has 3 amide bonds. The lowest BCUT2D eigenvalue weighted by molar-refractivity contribution is -0.117. The molecule has 0 spiro atoms. The molecule has 3 rings (SSSR count). The molecule has 1 aromatic heterocycles. The van der Waals surface area contributed by atoms with Gasteiger partial charge in [-0.05, 0) is 42.9 Å². The summed E-state index contributed by atoms with van der Waals surface area (Å²) in [4.78, 5) is 29.4. The topological polar surface area (TPSA) is 74.3 Å². The summed E-state index contributed by atoms with van der Waals surface area (Å²) in [6.45, 7) is 1.78. The summed E-state index contributed by atoms with van der Waals surface area (Å²) in [5, 5.41) is 5.28. The summed E-state index contributed by atoms with van der Waals surface area (Å²) < 4.78 is 13.9. The molecule has 2 heterocycles. The molecule has 0 radical (unpaired) electrons. The highest BCUT2D eigenvalue weighted by atomic mass is 19.1. The Morgan fingerprint density at radius 1 is 1.57 bits per heavy atom. The van der Waals surface area contributed by atoms with Crippen LogP contribution < -0.4 is 10.6 Å². The highest BCUT2D eigenvalue weighted by Gasteiger charge is 2.37. The van der Waals surface area contributed by atoms with Crippen LogP contribution in [0.5, 0.6) is 0 Å². The van der Waals surface area contributed by atoms with Gasteiger partial charge in [0.05, 0.1) is 6.04 Å². The van der Waals surface area contributed by atoms with Crippen LogP contribution in [0.4, 0.5) is 15.0 Å². The molecule has 2 fully saturated rings. The van der Waals surface area contributed by atoms with E-state index in [1.807, 2.05) is 12.1 Å². The first-order chi connectivity index (χ1) is 11.1. The van der Waals surface area contributed by atoms with Crippen molar-refractivity contribution in [2.75, 3.05) is 18.4 Å². The lowest BCUT2D eigenvalue weighted by Crippen LogP contribution is -2.44. The van der Waals surface area contributed by atoms with Crippen molar-refractivity contribution < 1.29 is 14.0 Å². The van der Waals surface area contributed by atoms with Crippen LogP contribution in [0.3, 0.4) is 0 Å². The van der Waals surface area contributed by atoms with Crippen LogP contribution in [-0.4, -0.2) is 47.1 Å². The van der Waals surface area contributed by atoms with E-state index in [-0.39, 0.29) is 19.0 Å². The number of alkyl halides is 1. The quantitative estimate of drug-likeness (QED) is 0.842. The molecule has 1 aliphatic heterocycles. The standard InChI is InChI=1S/C16H21FN4O2/c1-2-12(17)13-8-19-16(23)21(13)9-15(22)20-14-7-11(5-6-18-14)10-3-4-10/h5-7,10,12-13H,2-4,8-9H2,1H3,(H,19,23)(H,18,20,22)/t12-,13+/m0/s1. The number of carbonyl (C=O) groups is 2. The summed E-state index contributed by atoms with van der Waals surface area (Å²) in [6, 6.07) is 2.82. The minimum absolute atomic E-state index is 0.174. The first-order valence-electron chi connectivity index (χ1n) is 8.02. The molecule has 2 aliphatic rings. The smallest absolute Gasteiger partial charge is 0.318 e. The Morgan fingerprint density at radius 3 is 3.04 bits per heavy atom. The molecular weight excluding hydrogens is 299 g/mol. The number of carbonyl (C=O) groups excluding carboxylic acids is 2. The first-order valence-corrected chi connectivity index (χ1v) is 8.02. The van der Waals surface area contributed by atoms with Crippen LogP contribution in [-0.2, 0) is 4.79 Å². The van der Waals surface area contributed by atoms with E-state index in [0.717, 1.165) is 0 Å². The van der Waals surface area contributed by atoms with E-state index in [1.54, 1.807) is 13.1 Å². The fourth-order valence-corrected chi connectivity index (χ4v) is 2.86. The van der Waals surface area contributed by atoms with Crippen LogP contribution in [0.15, 0.2) is 18.3 Å². The van der Waals surface area contributed by atoms with Gasteiger partial charge in [0.1, 0.15) is 18.5 Å². The van der Waals surface area contributed by atoms with E-state index < -0.39 is 18.2 Å². The third kappa shape index (κ3) is 3.60. The zero-order valence-corrected chi connectivity index (χ0v) is 13.1. The molecule has 1 saturated heterocycles. The fraction of sp³-hybridized carbons (Fsp3) is 0.562. The number of pyridine rings is 1. The van der Waals surface area contributed by atoms with Gasteiger partial charge in [-0.25, -0.2) is 14.2 Å². The van der Waals surface area contributed by atoms with Crippen molar-refractivity contribution >= 4 is 17.8 Å². The maximum Gasteiger partial charge on any atom is 0.318 e. The Morgan fingerprint density at radius 2 is 2.35 bits per heavy atom. The first kappa shape index (κ1) is 15.7. The summed E-state index contributed by atoms with van der Waals surface area (Å²) in [5.74, 6) is 0.679. The fourth-order valence-electron chi connectivity index (χ4n) is 2.86. The number of anilines is 1. The third-order valence-corrected chi connectivity index (χ3v) is 4.35. The van der Waals surface area contributed by atoms with Crippen molar-refractivity contribution in [1.29, 1.82) is 0 Å². The molecule has 1 saturated carbocycles. The van der Waals surface area contributed by atoms with Gasteiger partial charge in [-0.1, -0.05) is 6.92 Å². The molecule has 0 aromatic carbocycles. The molecule has 6 nitrogen and oxygen atoms in total. The van der Waals surface area contributed by atoms with E-state index in [9.17, 15) is 14.0 Å². The molecule has 2 atom stereocenters. The Hall–Kier alpha value is -2.18. The average Bonchev–Trinajstić information content (AvgIpc) is 3.33. The number of nitrogens with one attached hydrogen (secondary N) is 2. The molecule has 124 valence electrons. The Labute approximate surface area is 134 Å². The van der Waals surface area contributed by atoms with Crippen molar-refractivity contribution in [2.45, 2.75) is 44.3 Å². The Bertz CT molecular complexity index is 605. The van der Waals surface area contributed by atoms with Gasteiger partial charge in [-0.3, -0.25) is 4.79 Å². The van der Waals surface area contributed by atoms with Gasteiger partial charge >= 0.3 is 6.03 Å². The largest absolute Gasteiger partial charge is 0.336 e. The van der Waals surface area contributed by atoms with Crippen LogP contribution in [0.1, 0.15) is 37.7 Å². The number of rotatable bonds is 6. The zero-order chi connectivity index (χ0) is 16.4. The predicted molar refractivity (Wildman–Crippen MR) is 83.9 cm³/mol. The van der Waals surface area contributed by atoms with Crippen molar-refractivity contribution in [3.05, 3.63) is 23.9 Å². The minimum Gasteiger partial charge on any atom is -0.336 e. The van der Waals surface area contributed by atoms with Crippen LogP contribution >= 0.6 is 0 Å². The molecular formula is C16H21FN4O2. The van der Waals surface area contributed by atoms with Gasteiger partial charge in [0, 0.05) is 12.7 Å². The van der Waals surface area contributed by atoms with Gasteiger partial charge in [-0.15, -0.1) is 0 Å². The van der Waals surface area contributed by atoms with Gasteiger partial charge < -0.3 is 15.5 Å². The van der Waals surface area contributed by atoms with E-state index in [2.05, 4.69) is 15.6 Å². The number of hydrogen-bond donors (Lipinski definition) is 2. The van der Waals surface area contributed by atoms with Crippen molar-refractivity contribution in [3.63, 3.8) is 0 Å². The predicted octanol–water partition coefficient (Wildman–Crippen LogP) is 2.04. The molecule has 0 unspecified atom stereocenters. The molecule has 2 N–H and O–H groups in total. The van der Waals surface area contributed by atoms with Crippen LogP contribution in [0.25, 0.3) is 0 Å².